The molecule has 2 aromatic heterocycles. The third-order valence-corrected chi connectivity index (χ3v) is 3.29. The van der Waals surface area contributed by atoms with Crippen LogP contribution in [0.5, 0.6) is 0 Å². The second kappa shape index (κ2) is 4.30. The molecule has 1 aliphatic rings. The Kier molecular flexibility index (Phi) is 2.62. The van der Waals surface area contributed by atoms with E-state index in [9.17, 15) is 9.90 Å². The monoisotopic (exact) mass is 260 g/mol. The zero-order valence-corrected chi connectivity index (χ0v) is 9.97. The van der Waals surface area contributed by atoms with Crippen LogP contribution in [0, 0.1) is 0 Å². The van der Waals surface area contributed by atoms with E-state index in [1.54, 1.807) is 17.1 Å². The molecule has 0 fully saturated rings. The fourth-order valence-electron chi connectivity index (χ4n) is 2.41. The van der Waals surface area contributed by atoms with Crippen molar-refractivity contribution in [2.75, 3.05) is 5.73 Å². The second-order valence-corrected chi connectivity index (χ2v) is 4.51. The maximum Gasteiger partial charge on any atom is 0.314 e. The van der Waals surface area contributed by atoms with Crippen molar-refractivity contribution >= 4 is 11.9 Å². The highest BCUT2D eigenvalue weighted by molar-refractivity contribution is 5.75. The number of hydrogen-bond acceptors (Lipinski definition) is 6. The summed E-state index contributed by atoms with van der Waals surface area (Å²) in [5, 5.41) is 13.3. The maximum atomic E-state index is 11.4. The van der Waals surface area contributed by atoms with Gasteiger partial charge in [-0.15, -0.1) is 5.10 Å². The van der Waals surface area contributed by atoms with Crippen LogP contribution in [0.2, 0.25) is 0 Å². The lowest BCUT2D eigenvalue weighted by Gasteiger charge is -2.26. The molecule has 8 heteroatoms. The summed E-state index contributed by atoms with van der Waals surface area (Å²) in [6, 6.07) is 0. The third-order valence-electron chi connectivity index (χ3n) is 3.29. The van der Waals surface area contributed by atoms with Crippen LogP contribution in [0.15, 0.2) is 18.7 Å². The number of nitrogen functional groups attached to an aromatic ring is 1. The van der Waals surface area contributed by atoms with Gasteiger partial charge in [0.15, 0.2) is 0 Å². The summed E-state index contributed by atoms with van der Waals surface area (Å²) in [4.78, 5) is 23.3. The summed E-state index contributed by atoms with van der Waals surface area (Å²) in [5.74, 6) is -1.11. The van der Waals surface area contributed by atoms with Crippen LogP contribution in [0.3, 0.4) is 0 Å². The number of nitrogens with two attached hydrogens (primary N) is 1. The van der Waals surface area contributed by atoms with Crippen molar-refractivity contribution in [2.24, 2.45) is 0 Å². The molecule has 8 nitrogen and oxygen atoms in total. The molecule has 2 unspecified atom stereocenters. The number of nitrogens with zero attached hydrogens (tertiary/aromatic N) is 5. The average Bonchev–Trinajstić information content (AvgIpc) is 2.78. The predicted octanol–water partition coefficient (Wildman–Crippen LogP) is 0.00600. The van der Waals surface area contributed by atoms with E-state index in [4.69, 9.17) is 5.73 Å². The summed E-state index contributed by atoms with van der Waals surface area (Å²) in [5.41, 5.74) is 6.44. The van der Waals surface area contributed by atoms with Crippen molar-refractivity contribution in [2.45, 2.75) is 24.8 Å². The van der Waals surface area contributed by atoms with E-state index < -0.39 is 11.9 Å². The smallest absolute Gasteiger partial charge is 0.314 e. The van der Waals surface area contributed by atoms with Gasteiger partial charge in [-0.3, -0.25) is 4.79 Å². The molecule has 0 aliphatic carbocycles. The van der Waals surface area contributed by atoms with Crippen molar-refractivity contribution in [1.29, 1.82) is 0 Å². The first kappa shape index (κ1) is 11.6. The molecule has 2 aromatic rings. The van der Waals surface area contributed by atoms with Gasteiger partial charge in [-0.2, -0.15) is 4.98 Å². The lowest BCUT2D eigenvalue weighted by molar-refractivity contribution is -0.139. The molecule has 3 heterocycles. The molecule has 3 N–H and O–H groups in total. The van der Waals surface area contributed by atoms with Crippen molar-refractivity contribution in [1.82, 2.24) is 24.7 Å². The van der Waals surface area contributed by atoms with Crippen molar-refractivity contribution in [3.63, 3.8) is 0 Å². The number of carboxylic acids is 1. The molecular formula is C11H12N6O2. The van der Waals surface area contributed by atoms with E-state index in [1.165, 1.54) is 6.33 Å². The summed E-state index contributed by atoms with van der Waals surface area (Å²) in [7, 11) is 0. The Hall–Kier alpha value is -2.51. The van der Waals surface area contributed by atoms with Crippen molar-refractivity contribution < 1.29 is 9.90 Å². The molecule has 0 saturated heterocycles. The zero-order valence-electron chi connectivity index (χ0n) is 9.97. The maximum absolute atomic E-state index is 11.4. The Morgan fingerprint density at radius 2 is 2.16 bits per heavy atom. The Morgan fingerprint density at radius 3 is 2.84 bits per heavy atom. The van der Waals surface area contributed by atoms with Crippen molar-refractivity contribution in [3.8, 4) is 0 Å². The van der Waals surface area contributed by atoms with Gasteiger partial charge in [-0.25, -0.2) is 14.6 Å². The molecular weight excluding hydrogens is 248 g/mol. The van der Waals surface area contributed by atoms with Crippen LogP contribution in [0.4, 0.5) is 5.95 Å². The minimum Gasteiger partial charge on any atom is -0.481 e. The van der Waals surface area contributed by atoms with E-state index in [2.05, 4.69) is 20.1 Å². The first-order valence-electron chi connectivity index (χ1n) is 5.83. The summed E-state index contributed by atoms with van der Waals surface area (Å²) < 4.78 is 1.56. The first-order valence-corrected chi connectivity index (χ1v) is 5.83. The molecule has 3 rings (SSSR count). The highest BCUT2D eigenvalue weighted by atomic mass is 16.4. The highest BCUT2D eigenvalue weighted by Gasteiger charge is 2.35. The molecule has 19 heavy (non-hydrogen) atoms. The number of hydrogen-bond donors (Lipinski definition) is 2. The number of anilines is 1. The van der Waals surface area contributed by atoms with E-state index in [0.717, 1.165) is 5.56 Å². The normalized spacial score (nSPS) is 21.9. The molecule has 0 spiro atoms. The number of rotatable bonds is 2. The van der Waals surface area contributed by atoms with Crippen molar-refractivity contribution in [3.05, 3.63) is 30.1 Å². The third kappa shape index (κ3) is 2.01. The minimum atomic E-state index is -0.921. The molecule has 98 valence electrons. The largest absolute Gasteiger partial charge is 0.481 e. The van der Waals surface area contributed by atoms with Crippen LogP contribution in [-0.4, -0.2) is 35.8 Å². The Balaban J connectivity index is 1.99. The topological polar surface area (TPSA) is 120 Å². The summed E-state index contributed by atoms with van der Waals surface area (Å²) >= 11 is 0. The lowest BCUT2D eigenvalue weighted by Crippen LogP contribution is -2.28. The van der Waals surface area contributed by atoms with E-state index in [-0.39, 0.29) is 11.9 Å². The van der Waals surface area contributed by atoms with Gasteiger partial charge < -0.3 is 10.8 Å². The average molecular weight is 260 g/mol. The van der Waals surface area contributed by atoms with Gasteiger partial charge in [0.25, 0.3) is 0 Å². The lowest BCUT2D eigenvalue weighted by atomic mass is 9.87. The molecule has 2 atom stereocenters. The van der Waals surface area contributed by atoms with Gasteiger partial charge in [0.1, 0.15) is 18.1 Å². The molecule has 0 saturated carbocycles. The Bertz CT molecular complexity index is 611. The minimum absolute atomic E-state index is 0.00380. The Morgan fingerprint density at radius 1 is 1.42 bits per heavy atom. The zero-order chi connectivity index (χ0) is 13.4. The van der Waals surface area contributed by atoms with Gasteiger partial charge in [-0.05, 0) is 12.0 Å². The molecule has 0 aromatic carbocycles. The standard InChI is InChI=1S/C11H12N6O2/c12-11-15-9-8(10(18)19)1-6(4-17(9)16-11)7-2-13-5-14-3-7/h2-3,5-6,8H,1,4H2,(H2,12,16)(H,18,19). The number of aliphatic carboxylic acids is 1. The number of carboxylic acid groups (broad SMARTS) is 1. The van der Waals surface area contributed by atoms with E-state index >= 15 is 0 Å². The fourth-order valence-corrected chi connectivity index (χ4v) is 2.41. The fraction of sp³-hybridized carbons (Fsp3) is 0.364. The van der Waals surface area contributed by atoms with Crippen LogP contribution < -0.4 is 5.73 Å². The quantitative estimate of drug-likeness (QED) is 0.780. The summed E-state index contributed by atoms with van der Waals surface area (Å²) in [6.45, 7) is 0.538. The summed E-state index contributed by atoms with van der Waals surface area (Å²) in [6.07, 6.45) is 5.28. The van der Waals surface area contributed by atoms with E-state index in [0.29, 0.717) is 18.8 Å². The van der Waals surface area contributed by atoms with Gasteiger partial charge in [-0.1, -0.05) is 0 Å². The highest BCUT2D eigenvalue weighted by Crippen LogP contribution is 2.35. The molecule has 0 amide bonds. The van der Waals surface area contributed by atoms with Crippen LogP contribution in [0.25, 0.3) is 0 Å². The second-order valence-electron chi connectivity index (χ2n) is 4.51. The van der Waals surface area contributed by atoms with Crippen LogP contribution >= 0.6 is 0 Å². The van der Waals surface area contributed by atoms with Gasteiger partial charge in [0.2, 0.25) is 5.95 Å². The van der Waals surface area contributed by atoms with Gasteiger partial charge in [0.05, 0.1) is 6.54 Å². The molecule has 0 bridgehead atoms. The molecule has 0 radical (unpaired) electrons. The van der Waals surface area contributed by atoms with Crippen LogP contribution in [-0.2, 0) is 11.3 Å². The van der Waals surface area contributed by atoms with Gasteiger partial charge >= 0.3 is 5.97 Å². The predicted molar refractivity (Wildman–Crippen MR) is 64.2 cm³/mol. The van der Waals surface area contributed by atoms with Crippen LogP contribution in [0.1, 0.15) is 29.6 Å². The number of aromatic nitrogens is 5. The molecule has 1 aliphatic heterocycles. The number of fused-ring (bicyclic) bond motifs is 1. The number of carbonyl (C=O) groups is 1. The van der Waals surface area contributed by atoms with Gasteiger partial charge in [0, 0.05) is 18.3 Å². The van der Waals surface area contributed by atoms with E-state index in [1.807, 2.05) is 0 Å². The SMILES string of the molecule is Nc1nc2n(n1)CC(c1cncnc1)CC2C(=O)O. The Labute approximate surface area is 108 Å². The first-order chi connectivity index (χ1) is 9.15.